The van der Waals surface area contributed by atoms with Gasteiger partial charge in [0.25, 0.3) is 0 Å². The normalized spacial score (nSPS) is 20.4. The van der Waals surface area contributed by atoms with Gasteiger partial charge in [0.15, 0.2) is 0 Å². The molecule has 6 heteroatoms. The Morgan fingerprint density at radius 3 is 2.78 bits per heavy atom. The molecule has 1 heterocycles. The van der Waals surface area contributed by atoms with Gasteiger partial charge in [0, 0.05) is 12.1 Å². The first-order chi connectivity index (χ1) is 8.33. The molecule has 0 unspecified atom stereocenters. The molecule has 1 N–H and O–H groups in total. The van der Waals surface area contributed by atoms with Crippen molar-refractivity contribution in [1.82, 2.24) is 4.90 Å². The molecule has 0 spiro atoms. The van der Waals surface area contributed by atoms with Crippen LogP contribution < -0.4 is 0 Å². The lowest BCUT2D eigenvalue weighted by molar-refractivity contribution is 0.0248. The van der Waals surface area contributed by atoms with Crippen LogP contribution in [0.25, 0.3) is 0 Å². The maximum absolute atomic E-state index is 13.3. The zero-order chi connectivity index (χ0) is 13.8. The van der Waals surface area contributed by atoms with Crippen LogP contribution in [-0.4, -0.2) is 54.6 Å². The summed E-state index contributed by atoms with van der Waals surface area (Å²) in [6, 6.07) is 0. The lowest BCUT2D eigenvalue weighted by Gasteiger charge is -2.26. The summed E-state index contributed by atoms with van der Waals surface area (Å²) >= 11 is 0. The molecule has 0 radical (unpaired) electrons. The van der Waals surface area contributed by atoms with Crippen molar-refractivity contribution in [2.75, 3.05) is 32.9 Å². The van der Waals surface area contributed by atoms with E-state index in [4.69, 9.17) is 14.6 Å². The number of carbonyl (C=O) groups excluding carboxylic acids is 1. The highest BCUT2D eigenvalue weighted by atomic mass is 19.1. The van der Waals surface area contributed by atoms with Gasteiger partial charge in [-0.05, 0) is 20.8 Å². The first-order valence-corrected chi connectivity index (χ1v) is 5.86. The van der Waals surface area contributed by atoms with Crippen molar-refractivity contribution in [3.05, 3.63) is 11.4 Å². The molecule has 0 aromatic heterocycles. The van der Waals surface area contributed by atoms with Gasteiger partial charge in [0.05, 0.1) is 26.4 Å². The van der Waals surface area contributed by atoms with Crippen LogP contribution in [0, 0.1) is 0 Å². The van der Waals surface area contributed by atoms with E-state index in [9.17, 15) is 9.18 Å². The van der Waals surface area contributed by atoms with Gasteiger partial charge in [0.2, 0.25) is 0 Å². The van der Waals surface area contributed by atoms with Crippen molar-refractivity contribution in [2.45, 2.75) is 26.4 Å². The fraction of sp³-hybridized carbons (Fsp3) is 0.750. The van der Waals surface area contributed by atoms with Crippen molar-refractivity contribution in [3.63, 3.8) is 0 Å². The van der Waals surface area contributed by atoms with Crippen molar-refractivity contribution in [2.24, 2.45) is 0 Å². The van der Waals surface area contributed by atoms with Gasteiger partial charge >= 0.3 is 6.09 Å². The Labute approximate surface area is 106 Å². The van der Waals surface area contributed by atoms with E-state index in [0.29, 0.717) is 13.2 Å². The summed E-state index contributed by atoms with van der Waals surface area (Å²) in [4.78, 5) is 13.2. The molecule has 0 aromatic carbocycles. The molecule has 104 valence electrons. The molecular weight excluding hydrogens is 241 g/mol. The molecule has 1 aliphatic heterocycles. The van der Waals surface area contributed by atoms with Crippen molar-refractivity contribution in [1.29, 1.82) is 0 Å². The van der Waals surface area contributed by atoms with Crippen molar-refractivity contribution >= 4 is 6.09 Å². The molecule has 1 fully saturated rings. The van der Waals surface area contributed by atoms with Crippen LogP contribution >= 0.6 is 0 Å². The highest BCUT2D eigenvalue weighted by molar-refractivity contribution is 5.68. The van der Waals surface area contributed by atoms with E-state index in [1.165, 1.54) is 4.90 Å². The predicted octanol–water partition coefficient (Wildman–Crippen LogP) is 1.47. The van der Waals surface area contributed by atoms with Crippen LogP contribution in [0.3, 0.4) is 0 Å². The van der Waals surface area contributed by atoms with Crippen LogP contribution in [0.2, 0.25) is 0 Å². The van der Waals surface area contributed by atoms with E-state index in [1.807, 2.05) is 0 Å². The van der Waals surface area contributed by atoms with E-state index < -0.39 is 24.1 Å². The Morgan fingerprint density at radius 2 is 2.22 bits per heavy atom. The summed E-state index contributed by atoms with van der Waals surface area (Å²) in [5.41, 5.74) is -0.315. The minimum Gasteiger partial charge on any atom is -0.444 e. The van der Waals surface area contributed by atoms with Crippen molar-refractivity contribution < 1.29 is 23.8 Å². The number of ether oxygens (including phenoxy) is 2. The molecule has 0 saturated carbocycles. The molecule has 1 aliphatic rings. The molecule has 0 aliphatic carbocycles. The Kier molecular flexibility index (Phi) is 5.10. The first-order valence-electron chi connectivity index (χ1n) is 5.86. The summed E-state index contributed by atoms with van der Waals surface area (Å²) in [5, 5.41) is 8.77. The number of aliphatic hydroxyl groups excluding tert-OH is 1. The summed E-state index contributed by atoms with van der Waals surface area (Å²) in [5.74, 6) is -0.648. The fourth-order valence-corrected chi connectivity index (χ4v) is 1.48. The van der Waals surface area contributed by atoms with Gasteiger partial charge < -0.3 is 19.5 Å². The number of hydrogen-bond donors (Lipinski definition) is 1. The Bertz CT molecular complexity index is 335. The number of nitrogens with zero attached hydrogens (tertiary/aromatic N) is 1. The summed E-state index contributed by atoms with van der Waals surface area (Å²) < 4.78 is 23.7. The van der Waals surface area contributed by atoms with Gasteiger partial charge in [0.1, 0.15) is 11.4 Å². The van der Waals surface area contributed by atoms with Crippen LogP contribution in [0.1, 0.15) is 20.8 Å². The first kappa shape index (κ1) is 14.9. The molecule has 1 amide bonds. The molecule has 1 saturated heterocycles. The second-order valence-electron chi connectivity index (χ2n) is 5.12. The second-order valence-corrected chi connectivity index (χ2v) is 5.12. The van der Waals surface area contributed by atoms with Crippen LogP contribution in [-0.2, 0) is 9.47 Å². The Morgan fingerprint density at radius 1 is 1.56 bits per heavy atom. The minimum absolute atomic E-state index is 0.0846. The van der Waals surface area contributed by atoms with E-state index in [0.717, 1.165) is 0 Å². The summed E-state index contributed by atoms with van der Waals surface area (Å²) in [6.45, 7) is 5.46. The van der Waals surface area contributed by atoms with Gasteiger partial charge in [-0.25, -0.2) is 9.18 Å². The van der Waals surface area contributed by atoms with E-state index in [2.05, 4.69) is 0 Å². The van der Waals surface area contributed by atoms with Gasteiger partial charge in [-0.2, -0.15) is 0 Å². The number of hydrogen-bond acceptors (Lipinski definition) is 4. The number of carbonyl (C=O) groups is 1. The second kappa shape index (κ2) is 6.15. The zero-order valence-electron chi connectivity index (χ0n) is 11.0. The molecular formula is C12H20FNO4. The molecule has 5 nitrogen and oxygen atoms in total. The van der Waals surface area contributed by atoms with E-state index >= 15 is 0 Å². The monoisotopic (exact) mass is 261 g/mol. The lowest BCUT2D eigenvalue weighted by atomic mass is 10.2. The van der Waals surface area contributed by atoms with E-state index in [-0.39, 0.29) is 18.7 Å². The Balaban J connectivity index is 2.73. The lowest BCUT2D eigenvalue weighted by Crippen LogP contribution is -2.38. The standard InChI is InChI=1S/C12H20FNO4/c1-12(2,3)18-11(16)14-4-5-17-8-9(6-14)10(13)7-15/h15H,4-8H2,1-3H3/b10-9-. The molecule has 0 atom stereocenters. The quantitative estimate of drug-likeness (QED) is 0.776. The van der Waals surface area contributed by atoms with E-state index in [1.54, 1.807) is 20.8 Å². The SMILES string of the molecule is CC(C)(C)OC(=O)N1CCOC/C(=C(\F)CO)C1. The third-order valence-electron chi connectivity index (χ3n) is 2.34. The Hall–Kier alpha value is -1.14. The van der Waals surface area contributed by atoms with Gasteiger partial charge in [-0.1, -0.05) is 0 Å². The number of aliphatic hydroxyl groups is 1. The van der Waals surface area contributed by atoms with Crippen LogP contribution in [0.4, 0.5) is 9.18 Å². The largest absolute Gasteiger partial charge is 0.444 e. The van der Waals surface area contributed by atoms with Gasteiger partial charge in [-0.15, -0.1) is 0 Å². The molecule has 18 heavy (non-hydrogen) atoms. The average molecular weight is 261 g/mol. The van der Waals surface area contributed by atoms with Crippen molar-refractivity contribution in [3.8, 4) is 0 Å². The maximum atomic E-state index is 13.3. The summed E-state index contributed by atoms with van der Waals surface area (Å²) in [7, 11) is 0. The molecule has 0 bridgehead atoms. The fourth-order valence-electron chi connectivity index (χ4n) is 1.48. The third kappa shape index (κ3) is 4.62. The zero-order valence-corrected chi connectivity index (χ0v) is 11.0. The maximum Gasteiger partial charge on any atom is 0.410 e. The predicted molar refractivity (Wildman–Crippen MR) is 63.8 cm³/mol. The molecule has 0 aromatic rings. The smallest absolute Gasteiger partial charge is 0.410 e. The topological polar surface area (TPSA) is 59.0 Å². The number of halogens is 1. The number of rotatable bonds is 1. The third-order valence-corrected chi connectivity index (χ3v) is 2.34. The van der Waals surface area contributed by atoms with Gasteiger partial charge in [-0.3, -0.25) is 0 Å². The minimum atomic E-state index is -0.680. The highest BCUT2D eigenvalue weighted by Crippen LogP contribution is 2.15. The highest BCUT2D eigenvalue weighted by Gasteiger charge is 2.25. The summed E-state index contributed by atoms with van der Waals surface area (Å²) in [6.07, 6.45) is -0.503. The molecule has 1 rings (SSSR count). The number of amides is 1. The van der Waals surface area contributed by atoms with Crippen LogP contribution in [0.5, 0.6) is 0 Å². The average Bonchev–Trinajstić information content (AvgIpc) is 2.51. The van der Waals surface area contributed by atoms with Crippen LogP contribution in [0.15, 0.2) is 11.4 Å².